The number of nitrogens with zero attached hydrogens (tertiary/aromatic N) is 2. The number of allylic oxidation sites excluding steroid dienone is 1. The van der Waals surface area contributed by atoms with Gasteiger partial charge < -0.3 is 24.6 Å². The molecule has 0 aromatic carbocycles. The fourth-order valence-electron chi connectivity index (χ4n) is 5.84. The van der Waals surface area contributed by atoms with Gasteiger partial charge in [-0.3, -0.25) is 19.5 Å². The zero-order chi connectivity index (χ0) is 32.8. The Balaban J connectivity index is 0.000000233. The molecule has 0 radical (unpaired) electrons. The lowest BCUT2D eigenvalue weighted by Crippen LogP contribution is -2.35. The third-order valence-electron chi connectivity index (χ3n) is 8.36. The topological polar surface area (TPSA) is 166 Å². The standard InChI is InChI=1S/C20H27N5O3.C13H20O4/c1-12-7-15(28-25-12)10-18(26)21-17-11-16(23-24-17)14-4-3-13(8-14)9-19(27)22-20(2)5-6-20;1-13(2,3)17-11(14)8-9-5-6-10(7-9)12(15)16-4/h7,11,13-14H,3-6,8-10H2,1-2H3,(H,22,27)(H2,21,23,24,26);8,10H,5-7H2,1-4H3/b;9-8-/t13-,14+;/m1./s1. The molecule has 0 saturated heterocycles. The van der Waals surface area contributed by atoms with E-state index < -0.39 is 5.60 Å². The van der Waals surface area contributed by atoms with Crippen molar-refractivity contribution in [1.82, 2.24) is 20.7 Å². The van der Waals surface area contributed by atoms with Crippen LogP contribution in [0.4, 0.5) is 5.82 Å². The minimum atomic E-state index is -0.478. The summed E-state index contributed by atoms with van der Waals surface area (Å²) in [5.74, 6) is 1.15. The van der Waals surface area contributed by atoms with E-state index >= 15 is 0 Å². The molecule has 2 aromatic heterocycles. The summed E-state index contributed by atoms with van der Waals surface area (Å²) >= 11 is 0. The van der Waals surface area contributed by atoms with E-state index in [0.29, 0.717) is 36.3 Å². The number of esters is 2. The lowest BCUT2D eigenvalue weighted by molar-refractivity contribution is -0.149. The van der Waals surface area contributed by atoms with Crippen LogP contribution < -0.4 is 10.6 Å². The van der Waals surface area contributed by atoms with E-state index in [1.54, 1.807) is 6.07 Å². The Bertz CT molecular complexity index is 1400. The molecule has 45 heavy (non-hydrogen) atoms. The molecule has 0 spiro atoms. The fraction of sp³-hybridized carbons (Fsp3) is 0.636. The van der Waals surface area contributed by atoms with Gasteiger partial charge in [-0.25, -0.2) is 4.79 Å². The Morgan fingerprint density at radius 1 is 1.13 bits per heavy atom. The number of anilines is 1. The van der Waals surface area contributed by atoms with Gasteiger partial charge in [0.2, 0.25) is 11.8 Å². The zero-order valence-electron chi connectivity index (χ0n) is 27.3. The van der Waals surface area contributed by atoms with Crippen LogP contribution in [0.5, 0.6) is 0 Å². The highest BCUT2D eigenvalue weighted by molar-refractivity contribution is 5.91. The molecular weight excluding hydrogens is 578 g/mol. The van der Waals surface area contributed by atoms with Gasteiger partial charge in [-0.2, -0.15) is 5.10 Å². The summed E-state index contributed by atoms with van der Waals surface area (Å²) in [6.45, 7) is 9.40. The maximum absolute atomic E-state index is 12.2. The van der Waals surface area contributed by atoms with Gasteiger partial charge in [0.1, 0.15) is 11.4 Å². The third kappa shape index (κ3) is 10.9. The molecule has 3 saturated carbocycles. The van der Waals surface area contributed by atoms with Crippen LogP contribution in [0.15, 0.2) is 28.3 Å². The van der Waals surface area contributed by atoms with Crippen molar-refractivity contribution in [2.45, 2.75) is 116 Å². The first-order chi connectivity index (χ1) is 21.2. The van der Waals surface area contributed by atoms with E-state index in [0.717, 1.165) is 61.9 Å². The minimum Gasteiger partial charge on any atom is -0.469 e. The van der Waals surface area contributed by atoms with E-state index in [9.17, 15) is 19.2 Å². The number of methoxy groups -OCH3 is 1. The predicted molar refractivity (Wildman–Crippen MR) is 166 cm³/mol. The summed E-state index contributed by atoms with van der Waals surface area (Å²) < 4.78 is 14.9. The number of carbonyl (C=O) groups is 4. The maximum Gasteiger partial charge on any atom is 0.331 e. The number of nitrogens with one attached hydrogen (secondary N) is 3. The van der Waals surface area contributed by atoms with Crippen LogP contribution in [0.2, 0.25) is 0 Å². The summed E-state index contributed by atoms with van der Waals surface area (Å²) in [6, 6.07) is 3.63. The number of amides is 2. The van der Waals surface area contributed by atoms with Crippen LogP contribution in [-0.2, 0) is 35.1 Å². The van der Waals surface area contributed by atoms with Gasteiger partial charge in [0, 0.05) is 41.8 Å². The molecule has 0 aliphatic heterocycles. The Labute approximate surface area is 264 Å². The molecule has 12 nitrogen and oxygen atoms in total. The van der Waals surface area contributed by atoms with E-state index in [4.69, 9.17) is 9.26 Å². The van der Waals surface area contributed by atoms with Crippen molar-refractivity contribution in [3.63, 3.8) is 0 Å². The molecule has 3 aliphatic carbocycles. The van der Waals surface area contributed by atoms with Crippen LogP contribution in [0.25, 0.3) is 0 Å². The molecule has 3 atom stereocenters. The van der Waals surface area contributed by atoms with Gasteiger partial charge in [-0.1, -0.05) is 10.7 Å². The lowest BCUT2D eigenvalue weighted by atomic mass is 9.99. The lowest BCUT2D eigenvalue weighted by Gasteiger charge is -2.18. The molecule has 2 aromatic rings. The first-order valence-corrected chi connectivity index (χ1v) is 15.8. The second-order valence-electron chi connectivity index (χ2n) is 13.9. The van der Waals surface area contributed by atoms with Gasteiger partial charge in [0.05, 0.1) is 25.1 Å². The molecule has 3 aliphatic rings. The molecule has 3 N–H and O–H groups in total. The van der Waals surface area contributed by atoms with Crippen molar-refractivity contribution >= 4 is 29.6 Å². The van der Waals surface area contributed by atoms with Crippen molar-refractivity contribution in [1.29, 1.82) is 0 Å². The van der Waals surface area contributed by atoms with Gasteiger partial charge in [0.15, 0.2) is 5.82 Å². The second kappa shape index (κ2) is 14.4. The highest BCUT2D eigenvalue weighted by atomic mass is 16.6. The average molecular weight is 626 g/mol. The quantitative estimate of drug-likeness (QED) is 0.255. The molecule has 3 fully saturated rings. The van der Waals surface area contributed by atoms with E-state index in [-0.39, 0.29) is 41.6 Å². The van der Waals surface area contributed by atoms with Gasteiger partial charge in [-0.15, -0.1) is 0 Å². The number of hydrogen-bond acceptors (Lipinski definition) is 9. The summed E-state index contributed by atoms with van der Waals surface area (Å²) in [5.41, 5.74) is 2.31. The van der Waals surface area contributed by atoms with Gasteiger partial charge >= 0.3 is 11.9 Å². The second-order valence-corrected chi connectivity index (χ2v) is 13.9. The molecule has 1 unspecified atom stereocenters. The summed E-state index contributed by atoms with van der Waals surface area (Å²) in [7, 11) is 1.39. The third-order valence-corrected chi connectivity index (χ3v) is 8.36. The first-order valence-electron chi connectivity index (χ1n) is 15.8. The van der Waals surface area contributed by atoms with Crippen LogP contribution in [0.1, 0.15) is 109 Å². The highest BCUT2D eigenvalue weighted by Gasteiger charge is 2.39. The van der Waals surface area contributed by atoms with E-state index in [2.05, 4.69) is 37.6 Å². The molecule has 246 valence electrons. The fourth-order valence-corrected chi connectivity index (χ4v) is 5.84. The number of ether oxygens (including phenoxy) is 2. The smallest absolute Gasteiger partial charge is 0.331 e. The number of carbonyl (C=O) groups excluding carboxylic acids is 4. The Hall–Kier alpha value is -3.96. The Morgan fingerprint density at radius 2 is 1.89 bits per heavy atom. The van der Waals surface area contributed by atoms with Crippen molar-refractivity contribution in [2.75, 3.05) is 12.4 Å². The largest absolute Gasteiger partial charge is 0.469 e. The Kier molecular flexibility index (Phi) is 10.9. The molecule has 2 amide bonds. The summed E-state index contributed by atoms with van der Waals surface area (Å²) in [6.07, 6.45) is 9.57. The normalized spacial score (nSPS) is 22.7. The average Bonchev–Trinajstić information content (AvgIpc) is 3.49. The van der Waals surface area contributed by atoms with Crippen LogP contribution in [0.3, 0.4) is 0 Å². The van der Waals surface area contributed by atoms with Crippen LogP contribution in [-0.4, -0.2) is 57.4 Å². The first kappa shape index (κ1) is 33.9. The summed E-state index contributed by atoms with van der Waals surface area (Å²) in [5, 5.41) is 17.0. The molecule has 2 heterocycles. The van der Waals surface area contributed by atoms with Crippen molar-refractivity contribution in [2.24, 2.45) is 11.8 Å². The van der Waals surface area contributed by atoms with E-state index in [1.165, 1.54) is 13.2 Å². The molecule has 5 rings (SSSR count). The van der Waals surface area contributed by atoms with Gasteiger partial charge in [-0.05, 0) is 91.9 Å². The monoisotopic (exact) mass is 625 g/mol. The number of aromatic amines is 1. The summed E-state index contributed by atoms with van der Waals surface area (Å²) in [4.78, 5) is 47.2. The zero-order valence-corrected chi connectivity index (χ0v) is 27.3. The SMILES string of the molecule is COC(=O)C1CC/C(=C/C(=O)OC(C)(C)C)C1.Cc1cc(CC(=O)Nc2cc([C@H]3CC[C@@H](CC(=O)NC4(C)CC4)C3)[nH]n2)on1. The van der Waals surface area contributed by atoms with Crippen molar-refractivity contribution < 1.29 is 33.2 Å². The Morgan fingerprint density at radius 3 is 2.53 bits per heavy atom. The number of aryl methyl sites for hydroxylation is 1. The van der Waals surface area contributed by atoms with Crippen LogP contribution >= 0.6 is 0 Å². The maximum atomic E-state index is 12.2. The molecule has 0 bridgehead atoms. The van der Waals surface area contributed by atoms with Crippen molar-refractivity contribution in [3.05, 3.63) is 40.9 Å². The predicted octanol–water partition coefficient (Wildman–Crippen LogP) is 5.06. The van der Waals surface area contributed by atoms with Gasteiger partial charge in [0.25, 0.3) is 0 Å². The number of aromatic nitrogens is 3. The number of hydrogen-bond donors (Lipinski definition) is 3. The minimum absolute atomic E-state index is 0.0516. The number of H-pyrrole nitrogens is 1. The van der Waals surface area contributed by atoms with Crippen LogP contribution in [0, 0.1) is 18.8 Å². The molecular formula is C33H47N5O7. The molecule has 12 heteroatoms. The van der Waals surface area contributed by atoms with E-state index in [1.807, 2.05) is 33.8 Å². The number of rotatable bonds is 9. The van der Waals surface area contributed by atoms with Crippen molar-refractivity contribution in [3.8, 4) is 0 Å². The highest BCUT2D eigenvalue weighted by Crippen LogP contribution is 2.40.